The van der Waals surface area contributed by atoms with Crippen molar-refractivity contribution in [3.63, 3.8) is 0 Å². The molecule has 0 aliphatic rings. The maximum Gasteiger partial charge on any atom is 0.243 e. The number of amides is 2. The molecule has 0 saturated carbocycles. The van der Waals surface area contributed by atoms with Gasteiger partial charge in [-0.25, -0.2) is 0 Å². The van der Waals surface area contributed by atoms with E-state index in [4.69, 9.17) is 11.6 Å². The molecule has 0 spiro atoms. The van der Waals surface area contributed by atoms with Crippen LogP contribution in [0.2, 0.25) is 5.02 Å². The second-order valence-corrected chi connectivity index (χ2v) is 10.6. The Bertz CT molecular complexity index is 1140. The Hall–Kier alpha value is -3.11. The first-order valence-electron chi connectivity index (χ1n) is 12.6. The van der Waals surface area contributed by atoms with Gasteiger partial charge in [0.05, 0.1) is 0 Å². The van der Waals surface area contributed by atoms with E-state index in [0.29, 0.717) is 24.3 Å². The first-order valence-corrected chi connectivity index (χ1v) is 13.0. The Morgan fingerprint density at radius 1 is 0.861 bits per heavy atom. The van der Waals surface area contributed by atoms with Crippen LogP contribution < -0.4 is 5.32 Å². The predicted molar refractivity (Wildman–Crippen MR) is 148 cm³/mol. The van der Waals surface area contributed by atoms with Crippen molar-refractivity contribution in [2.75, 3.05) is 0 Å². The minimum absolute atomic E-state index is 0.0699. The van der Waals surface area contributed by atoms with Gasteiger partial charge in [-0.1, -0.05) is 91.3 Å². The zero-order valence-corrected chi connectivity index (χ0v) is 22.5. The fraction of sp³-hybridized carbons (Fsp3) is 0.355. The number of carbonyl (C=O) groups excluding carboxylic acids is 2. The minimum atomic E-state index is -0.669. The highest BCUT2D eigenvalue weighted by atomic mass is 35.5. The molecule has 0 aliphatic heterocycles. The summed E-state index contributed by atoms with van der Waals surface area (Å²) in [5.41, 5.74) is 3.77. The fourth-order valence-electron chi connectivity index (χ4n) is 4.15. The van der Waals surface area contributed by atoms with Crippen molar-refractivity contribution in [3.05, 3.63) is 106 Å². The molecule has 190 valence electrons. The van der Waals surface area contributed by atoms with Crippen molar-refractivity contribution < 1.29 is 9.59 Å². The van der Waals surface area contributed by atoms with Gasteiger partial charge in [0.15, 0.2) is 0 Å². The maximum absolute atomic E-state index is 13.8. The van der Waals surface area contributed by atoms with Crippen LogP contribution in [0.25, 0.3) is 0 Å². The van der Waals surface area contributed by atoms with Gasteiger partial charge in [0.1, 0.15) is 6.04 Å². The molecule has 0 aliphatic carbocycles. The summed E-state index contributed by atoms with van der Waals surface area (Å²) in [5, 5.41) is 3.68. The second kappa shape index (κ2) is 12.7. The van der Waals surface area contributed by atoms with Gasteiger partial charge in [0.25, 0.3) is 0 Å². The number of benzene rings is 3. The molecule has 3 aromatic rings. The lowest BCUT2D eigenvalue weighted by molar-refractivity contribution is -0.141. The van der Waals surface area contributed by atoms with E-state index in [1.54, 1.807) is 4.90 Å². The van der Waals surface area contributed by atoms with Gasteiger partial charge in [0.2, 0.25) is 11.8 Å². The summed E-state index contributed by atoms with van der Waals surface area (Å²) in [6.07, 6.45) is 2.32. The van der Waals surface area contributed by atoms with Crippen LogP contribution in [0, 0.1) is 0 Å². The molecule has 0 heterocycles. The number of nitrogens with one attached hydrogen (secondary N) is 1. The van der Waals surface area contributed by atoms with Crippen molar-refractivity contribution in [2.24, 2.45) is 0 Å². The molecule has 0 aromatic heterocycles. The number of nitrogens with zero attached hydrogens (tertiary/aromatic N) is 1. The second-order valence-electron chi connectivity index (χ2n) is 10.2. The average molecular weight is 505 g/mol. The van der Waals surface area contributed by atoms with Gasteiger partial charge in [-0.05, 0) is 61.9 Å². The van der Waals surface area contributed by atoms with Crippen molar-refractivity contribution in [1.29, 1.82) is 0 Å². The van der Waals surface area contributed by atoms with Crippen LogP contribution in [0.15, 0.2) is 78.9 Å². The standard InChI is InChI=1S/C31H37ClN2O2/c1-5-23-15-17-24(18-16-23)19-20-29(35)34(22-26-13-9-10-14-27(26)32)28(30(36)33-31(2,3)4)21-25-11-7-6-8-12-25/h6-18,28H,5,19-22H2,1-4H3,(H,33,36)/t28-/m1/s1. The smallest absolute Gasteiger partial charge is 0.243 e. The van der Waals surface area contributed by atoms with Gasteiger partial charge < -0.3 is 10.2 Å². The fourth-order valence-corrected chi connectivity index (χ4v) is 4.35. The molecule has 5 heteroatoms. The highest BCUT2D eigenvalue weighted by Gasteiger charge is 2.32. The molecule has 0 radical (unpaired) electrons. The molecule has 0 unspecified atom stereocenters. The normalized spacial score (nSPS) is 12.1. The number of rotatable bonds is 10. The SMILES string of the molecule is CCc1ccc(CCC(=O)N(Cc2ccccc2Cl)[C@H](Cc2ccccc2)C(=O)NC(C)(C)C)cc1. The van der Waals surface area contributed by atoms with E-state index < -0.39 is 11.6 Å². The van der Waals surface area contributed by atoms with Crippen LogP contribution in [-0.4, -0.2) is 28.3 Å². The Labute approximate surface area is 220 Å². The zero-order valence-electron chi connectivity index (χ0n) is 21.8. The Balaban J connectivity index is 1.92. The summed E-state index contributed by atoms with van der Waals surface area (Å²) in [6.45, 7) is 8.24. The number of hydrogen-bond acceptors (Lipinski definition) is 2. The van der Waals surface area contributed by atoms with Gasteiger partial charge >= 0.3 is 0 Å². The van der Waals surface area contributed by atoms with Crippen LogP contribution in [0.5, 0.6) is 0 Å². The highest BCUT2D eigenvalue weighted by Crippen LogP contribution is 2.22. The largest absolute Gasteiger partial charge is 0.350 e. The molecule has 1 N–H and O–H groups in total. The molecular weight excluding hydrogens is 468 g/mol. The van der Waals surface area contributed by atoms with E-state index in [1.165, 1.54) is 5.56 Å². The molecule has 1 atom stereocenters. The van der Waals surface area contributed by atoms with Crippen molar-refractivity contribution in [1.82, 2.24) is 10.2 Å². The van der Waals surface area contributed by atoms with Gasteiger partial charge in [0, 0.05) is 29.9 Å². The van der Waals surface area contributed by atoms with Crippen LogP contribution in [0.1, 0.15) is 56.4 Å². The number of aryl methyl sites for hydroxylation is 2. The summed E-state index contributed by atoms with van der Waals surface area (Å²) < 4.78 is 0. The van der Waals surface area contributed by atoms with Crippen molar-refractivity contribution in [3.8, 4) is 0 Å². The van der Waals surface area contributed by atoms with Gasteiger partial charge in [-0.15, -0.1) is 0 Å². The quantitative estimate of drug-likeness (QED) is 0.348. The van der Waals surface area contributed by atoms with Crippen molar-refractivity contribution in [2.45, 2.75) is 71.5 Å². The molecule has 3 rings (SSSR count). The molecular formula is C31H37ClN2O2. The monoisotopic (exact) mass is 504 g/mol. The lowest BCUT2D eigenvalue weighted by Gasteiger charge is -2.34. The van der Waals surface area contributed by atoms with Crippen molar-refractivity contribution >= 4 is 23.4 Å². The molecule has 36 heavy (non-hydrogen) atoms. The first kappa shape index (κ1) is 27.5. The Morgan fingerprint density at radius 2 is 1.47 bits per heavy atom. The molecule has 0 saturated heterocycles. The highest BCUT2D eigenvalue weighted by molar-refractivity contribution is 6.31. The van der Waals surface area contributed by atoms with Crippen LogP contribution >= 0.6 is 11.6 Å². The van der Waals surface area contributed by atoms with Crippen LogP contribution in [-0.2, 0) is 35.4 Å². The van der Waals surface area contributed by atoms with Gasteiger partial charge in [-0.3, -0.25) is 9.59 Å². The average Bonchev–Trinajstić information content (AvgIpc) is 2.85. The summed E-state index contributed by atoms with van der Waals surface area (Å²) in [6, 6.07) is 25.0. The number of halogens is 1. The molecule has 0 bridgehead atoms. The summed E-state index contributed by atoms with van der Waals surface area (Å²) >= 11 is 6.49. The summed E-state index contributed by atoms with van der Waals surface area (Å²) in [7, 11) is 0. The minimum Gasteiger partial charge on any atom is -0.350 e. The van der Waals surface area contributed by atoms with Crippen LogP contribution in [0.4, 0.5) is 0 Å². The summed E-state index contributed by atoms with van der Waals surface area (Å²) in [5.74, 6) is -0.237. The van der Waals surface area contributed by atoms with E-state index in [0.717, 1.165) is 23.1 Å². The lowest BCUT2D eigenvalue weighted by Crippen LogP contribution is -2.54. The summed E-state index contributed by atoms with van der Waals surface area (Å²) in [4.78, 5) is 29.1. The van der Waals surface area contributed by atoms with E-state index >= 15 is 0 Å². The third-order valence-electron chi connectivity index (χ3n) is 6.13. The molecule has 3 aromatic carbocycles. The van der Waals surface area contributed by atoms with Gasteiger partial charge in [-0.2, -0.15) is 0 Å². The Morgan fingerprint density at radius 3 is 2.08 bits per heavy atom. The van der Waals surface area contributed by atoms with E-state index in [9.17, 15) is 9.59 Å². The number of hydrogen-bond donors (Lipinski definition) is 1. The van der Waals surface area contributed by atoms with E-state index in [1.807, 2.05) is 75.4 Å². The van der Waals surface area contributed by atoms with E-state index in [-0.39, 0.29) is 18.4 Å². The molecule has 2 amide bonds. The molecule has 0 fully saturated rings. The topological polar surface area (TPSA) is 49.4 Å². The van der Waals surface area contributed by atoms with E-state index in [2.05, 4.69) is 36.5 Å². The lowest BCUT2D eigenvalue weighted by atomic mass is 9.99. The predicted octanol–water partition coefficient (Wildman–Crippen LogP) is 6.39. The first-order chi connectivity index (χ1) is 17.2. The number of carbonyl (C=O) groups is 2. The third-order valence-corrected chi connectivity index (χ3v) is 6.50. The molecule has 4 nitrogen and oxygen atoms in total. The third kappa shape index (κ3) is 8.23. The van der Waals surface area contributed by atoms with Crippen LogP contribution in [0.3, 0.4) is 0 Å². The maximum atomic E-state index is 13.8. The Kier molecular flexibility index (Phi) is 9.72. The zero-order chi connectivity index (χ0) is 26.1.